The zero-order valence-electron chi connectivity index (χ0n) is 11.2. The molecule has 1 aliphatic carbocycles. The van der Waals surface area contributed by atoms with E-state index in [9.17, 15) is 9.18 Å². The molecule has 3 aromatic rings. The van der Waals surface area contributed by atoms with E-state index in [2.05, 4.69) is 15.1 Å². The average Bonchev–Trinajstić information content (AvgIpc) is 2.89. The van der Waals surface area contributed by atoms with Gasteiger partial charge in [0.2, 0.25) is 5.78 Å². The maximum absolute atomic E-state index is 13.1. The molecule has 4 rings (SSSR count). The minimum atomic E-state index is -0.296. The van der Waals surface area contributed by atoms with E-state index in [4.69, 9.17) is 0 Å². The van der Waals surface area contributed by atoms with E-state index >= 15 is 0 Å². The van der Waals surface area contributed by atoms with Gasteiger partial charge in [0.05, 0.1) is 5.69 Å². The summed E-state index contributed by atoms with van der Waals surface area (Å²) in [6, 6.07) is 6.14. The number of aromatic nitrogens is 4. The number of H-pyrrole nitrogens is 1. The summed E-state index contributed by atoms with van der Waals surface area (Å²) in [5.74, 6) is 0.347. The molecule has 0 bridgehead atoms. The molecule has 1 N–H and O–H groups in total. The Morgan fingerprint density at radius 2 is 2.00 bits per heavy atom. The van der Waals surface area contributed by atoms with Gasteiger partial charge in [-0.1, -0.05) is 6.42 Å². The Bertz CT molecular complexity index is 862. The molecule has 6 heteroatoms. The summed E-state index contributed by atoms with van der Waals surface area (Å²) >= 11 is 0. The molecule has 0 unspecified atom stereocenters. The van der Waals surface area contributed by atoms with Crippen LogP contribution in [0.25, 0.3) is 17.0 Å². The van der Waals surface area contributed by atoms with Gasteiger partial charge in [-0.3, -0.25) is 4.79 Å². The standard InChI is InChI=1S/C15H13FN4O/c16-11-6-4-10(5-7-11)13-12(9-2-1-3-9)14(21)20-15(19-13)17-8-18-20/h4-9H,1-3H2,(H,17,18,19). The Balaban J connectivity index is 2.01. The zero-order valence-corrected chi connectivity index (χ0v) is 11.2. The maximum atomic E-state index is 13.1. The van der Waals surface area contributed by atoms with E-state index in [1.165, 1.54) is 23.0 Å². The van der Waals surface area contributed by atoms with E-state index in [1.807, 2.05) is 0 Å². The van der Waals surface area contributed by atoms with Gasteiger partial charge in [0.15, 0.2) is 0 Å². The fraction of sp³-hybridized carbons (Fsp3) is 0.267. The predicted octanol–water partition coefficient (Wildman–Crippen LogP) is 2.49. The van der Waals surface area contributed by atoms with E-state index < -0.39 is 0 Å². The van der Waals surface area contributed by atoms with Crippen LogP contribution >= 0.6 is 0 Å². The van der Waals surface area contributed by atoms with Crippen molar-refractivity contribution in [2.75, 3.05) is 0 Å². The smallest absolute Gasteiger partial charge is 0.279 e. The van der Waals surface area contributed by atoms with Crippen molar-refractivity contribution in [1.82, 2.24) is 19.6 Å². The summed E-state index contributed by atoms with van der Waals surface area (Å²) in [6.45, 7) is 0. The number of halogens is 1. The van der Waals surface area contributed by atoms with Crippen molar-refractivity contribution in [2.45, 2.75) is 25.2 Å². The Morgan fingerprint density at radius 1 is 1.24 bits per heavy atom. The van der Waals surface area contributed by atoms with Gasteiger partial charge >= 0.3 is 0 Å². The van der Waals surface area contributed by atoms with Crippen LogP contribution in [0.15, 0.2) is 35.4 Å². The van der Waals surface area contributed by atoms with Crippen LogP contribution < -0.4 is 5.56 Å². The third-order valence-electron chi connectivity index (χ3n) is 4.12. The lowest BCUT2D eigenvalue weighted by atomic mass is 9.79. The second-order valence-electron chi connectivity index (χ2n) is 5.35. The molecule has 21 heavy (non-hydrogen) atoms. The second kappa shape index (κ2) is 4.51. The minimum Gasteiger partial charge on any atom is -0.323 e. The topological polar surface area (TPSA) is 63.0 Å². The lowest BCUT2D eigenvalue weighted by Crippen LogP contribution is -2.26. The molecule has 0 spiro atoms. The van der Waals surface area contributed by atoms with Crippen LogP contribution in [0.4, 0.5) is 4.39 Å². The number of hydrogen-bond acceptors (Lipinski definition) is 3. The van der Waals surface area contributed by atoms with Gasteiger partial charge in [-0.25, -0.2) is 4.39 Å². The molecule has 2 heterocycles. The number of hydrogen-bond donors (Lipinski definition) is 1. The molecule has 1 aliphatic rings. The molecule has 0 atom stereocenters. The van der Waals surface area contributed by atoms with Gasteiger partial charge < -0.3 is 4.98 Å². The summed E-state index contributed by atoms with van der Waals surface area (Å²) in [6.07, 6.45) is 4.48. The Hall–Kier alpha value is -2.50. The molecule has 0 amide bonds. The Morgan fingerprint density at radius 3 is 2.67 bits per heavy atom. The lowest BCUT2D eigenvalue weighted by molar-refractivity contribution is 0.415. The van der Waals surface area contributed by atoms with Crippen LogP contribution in [-0.2, 0) is 0 Å². The first kappa shape index (κ1) is 12.3. The normalized spacial score (nSPS) is 15.3. The Labute approximate surface area is 119 Å². The zero-order chi connectivity index (χ0) is 14.4. The molecule has 1 saturated carbocycles. The average molecular weight is 284 g/mol. The van der Waals surface area contributed by atoms with Crippen LogP contribution in [0.5, 0.6) is 0 Å². The summed E-state index contributed by atoms with van der Waals surface area (Å²) in [5.41, 5.74) is 2.11. The molecule has 106 valence electrons. The third kappa shape index (κ3) is 1.86. The molecule has 0 radical (unpaired) electrons. The molecule has 5 nitrogen and oxygen atoms in total. The van der Waals surface area contributed by atoms with Crippen molar-refractivity contribution in [3.05, 3.63) is 52.3 Å². The molecule has 0 aliphatic heterocycles. The Kier molecular flexibility index (Phi) is 2.63. The van der Waals surface area contributed by atoms with Gasteiger partial charge in [0.25, 0.3) is 5.56 Å². The maximum Gasteiger partial charge on any atom is 0.279 e. The molecule has 0 saturated heterocycles. The fourth-order valence-electron chi connectivity index (χ4n) is 2.80. The summed E-state index contributed by atoms with van der Waals surface area (Å²) < 4.78 is 14.4. The van der Waals surface area contributed by atoms with Gasteiger partial charge in [0, 0.05) is 5.56 Å². The predicted molar refractivity (Wildman–Crippen MR) is 75.6 cm³/mol. The summed E-state index contributed by atoms with van der Waals surface area (Å²) in [5, 5.41) is 3.97. The van der Waals surface area contributed by atoms with Crippen molar-refractivity contribution in [1.29, 1.82) is 0 Å². The largest absolute Gasteiger partial charge is 0.323 e. The minimum absolute atomic E-state index is 0.134. The van der Waals surface area contributed by atoms with E-state index in [0.717, 1.165) is 36.1 Å². The number of nitrogens with zero attached hydrogens (tertiary/aromatic N) is 3. The quantitative estimate of drug-likeness (QED) is 0.786. The summed E-state index contributed by atoms with van der Waals surface area (Å²) in [7, 11) is 0. The highest BCUT2D eigenvalue weighted by Gasteiger charge is 2.27. The van der Waals surface area contributed by atoms with Crippen molar-refractivity contribution in [3.63, 3.8) is 0 Å². The van der Waals surface area contributed by atoms with Crippen LogP contribution in [0.2, 0.25) is 0 Å². The number of aromatic amines is 1. The van der Waals surface area contributed by atoms with E-state index in [0.29, 0.717) is 5.78 Å². The SMILES string of the molecule is O=c1c(C2CCC2)c(-c2ccc(F)cc2)[nH]c2ncnn12. The van der Waals surface area contributed by atoms with Crippen LogP contribution in [0.1, 0.15) is 30.7 Å². The van der Waals surface area contributed by atoms with Crippen LogP contribution in [0.3, 0.4) is 0 Å². The molecule has 1 fully saturated rings. The van der Waals surface area contributed by atoms with Crippen molar-refractivity contribution < 1.29 is 4.39 Å². The highest BCUT2D eigenvalue weighted by molar-refractivity contribution is 5.65. The molecular weight excluding hydrogens is 271 g/mol. The number of benzene rings is 1. The van der Waals surface area contributed by atoms with E-state index in [1.54, 1.807) is 12.1 Å². The van der Waals surface area contributed by atoms with Gasteiger partial charge in [0.1, 0.15) is 12.1 Å². The molecular formula is C15H13FN4O. The molecule has 1 aromatic carbocycles. The highest BCUT2D eigenvalue weighted by Crippen LogP contribution is 2.38. The first-order chi connectivity index (χ1) is 10.2. The van der Waals surface area contributed by atoms with E-state index in [-0.39, 0.29) is 17.3 Å². The van der Waals surface area contributed by atoms with Gasteiger partial charge in [-0.2, -0.15) is 14.6 Å². The van der Waals surface area contributed by atoms with Crippen LogP contribution in [-0.4, -0.2) is 19.6 Å². The summed E-state index contributed by atoms with van der Waals surface area (Å²) in [4.78, 5) is 19.9. The van der Waals surface area contributed by atoms with Gasteiger partial charge in [-0.05, 0) is 48.6 Å². The number of nitrogens with one attached hydrogen (secondary N) is 1. The molecule has 2 aromatic heterocycles. The third-order valence-corrected chi connectivity index (χ3v) is 4.12. The highest BCUT2D eigenvalue weighted by atomic mass is 19.1. The lowest BCUT2D eigenvalue weighted by Gasteiger charge is -2.26. The van der Waals surface area contributed by atoms with Gasteiger partial charge in [-0.15, -0.1) is 0 Å². The first-order valence-electron chi connectivity index (χ1n) is 6.96. The fourth-order valence-corrected chi connectivity index (χ4v) is 2.80. The first-order valence-corrected chi connectivity index (χ1v) is 6.96. The number of rotatable bonds is 2. The van der Waals surface area contributed by atoms with Crippen molar-refractivity contribution >= 4 is 5.78 Å². The van der Waals surface area contributed by atoms with Crippen molar-refractivity contribution in [3.8, 4) is 11.3 Å². The number of fused-ring (bicyclic) bond motifs is 1. The van der Waals surface area contributed by atoms with Crippen molar-refractivity contribution in [2.24, 2.45) is 0 Å². The van der Waals surface area contributed by atoms with Crippen LogP contribution in [0, 0.1) is 5.82 Å². The monoisotopic (exact) mass is 284 g/mol. The second-order valence-corrected chi connectivity index (χ2v) is 5.35.